The molecule has 0 unspecified atom stereocenters. The molecule has 0 saturated carbocycles. The number of carbonyl (C=O) groups is 2. The van der Waals surface area contributed by atoms with E-state index in [9.17, 15) is 9.59 Å². The third-order valence-corrected chi connectivity index (χ3v) is 4.62. The molecule has 1 aliphatic heterocycles. The van der Waals surface area contributed by atoms with Crippen molar-refractivity contribution in [2.45, 2.75) is 38.5 Å². The maximum atomic E-state index is 11.9. The van der Waals surface area contributed by atoms with Crippen LogP contribution in [0.3, 0.4) is 0 Å². The first kappa shape index (κ1) is 16.6. The average molecular weight is 327 g/mol. The highest BCUT2D eigenvalue weighted by Crippen LogP contribution is 2.19. The first-order valence-electron chi connectivity index (χ1n) is 8.83. The lowest BCUT2D eigenvalue weighted by Gasteiger charge is -2.15. The minimum atomic E-state index is 0.0996. The van der Waals surface area contributed by atoms with Crippen LogP contribution in [-0.2, 0) is 16.0 Å². The van der Waals surface area contributed by atoms with Crippen LogP contribution in [0.15, 0.2) is 30.5 Å². The molecule has 2 aromatic rings. The zero-order chi connectivity index (χ0) is 16.8. The summed E-state index contributed by atoms with van der Waals surface area (Å²) in [4.78, 5) is 28.5. The minimum Gasteiger partial charge on any atom is -0.361 e. The molecule has 2 N–H and O–H groups in total. The average Bonchev–Trinajstić information content (AvgIpc) is 3.18. The van der Waals surface area contributed by atoms with Crippen LogP contribution in [0.25, 0.3) is 10.9 Å². The molecule has 5 nitrogen and oxygen atoms in total. The number of benzene rings is 1. The Balaban J connectivity index is 1.32. The monoisotopic (exact) mass is 327 g/mol. The first-order valence-corrected chi connectivity index (χ1v) is 8.83. The largest absolute Gasteiger partial charge is 0.361 e. The van der Waals surface area contributed by atoms with Gasteiger partial charge in [0, 0.05) is 49.6 Å². The summed E-state index contributed by atoms with van der Waals surface area (Å²) in [5, 5.41) is 4.20. The number of amides is 2. The van der Waals surface area contributed by atoms with Crippen LogP contribution in [0.1, 0.15) is 37.7 Å². The Labute approximate surface area is 142 Å². The highest BCUT2D eigenvalue weighted by atomic mass is 16.2. The molecule has 128 valence electrons. The highest BCUT2D eigenvalue weighted by molar-refractivity contribution is 5.83. The third kappa shape index (κ3) is 4.16. The smallest absolute Gasteiger partial charge is 0.222 e. The number of aromatic amines is 1. The molecule has 0 aliphatic carbocycles. The summed E-state index contributed by atoms with van der Waals surface area (Å²) in [6, 6.07) is 8.24. The molecule has 1 saturated heterocycles. The standard InChI is InChI=1S/C19H25N3O2/c23-18(20-11-5-13-22-12-4-10-19(22)24)9-3-6-15-14-21-17-8-2-1-7-16(15)17/h1-2,7-8,14,21H,3-6,9-13H2,(H,20,23). The fourth-order valence-electron chi connectivity index (χ4n) is 3.30. The van der Waals surface area contributed by atoms with Gasteiger partial charge in [0.25, 0.3) is 0 Å². The summed E-state index contributed by atoms with van der Waals surface area (Å²) in [5.41, 5.74) is 2.42. The molecule has 1 aromatic heterocycles. The van der Waals surface area contributed by atoms with Crippen molar-refractivity contribution in [3.63, 3.8) is 0 Å². The van der Waals surface area contributed by atoms with Gasteiger partial charge in [0.1, 0.15) is 0 Å². The molecule has 0 atom stereocenters. The maximum absolute atomic E-state index is 11.9. The Hall–Kier alpha value is -2.30. The molecule has 1 aliphatic rings. The van der Waals surface area contributed by atoms with E-state index in [1.54, 1.807) is 0 Å². The van der Waals surface area contributed by atoms with Crippen molar-refractivity contribution < 1.29 is 9.59 Å². The Morgan fingerprint density at radius 3 is 2.96 bits per heavy atom. The van der Waals surface area contributed by atoms with Crippen molar-refractivity contribution >= 4 is 22.7 Å². The summed E-state index contributed by atoms with van der Waals surface area (Å²) in [6.07, 6.45) is 6.81. The van der Waals surface area contributed by atoms with E-state index in [1.165, 1.54) is 10.9 Å². The van der Waals surface area contributed by atoms with Crippen LogP contribution in [0.2, 0.25) is 0 Å². The summed E-state index contributed by atoms with van der Waals surface area (Å²) in [7, 11) is 0. The molecule has 0 radical (unpaired) electrons. The number of fused-ring (bicyclic) bond motifs is 1. The lowest BCUT2D eigenvalue weighted by Crippen LogP contribution is -2.30. The van der Waals surface area contributed by atoms with Gasteiger partial charge in [-0.15, -0.1) is 0 Å². The number of likely N-dealkylation sites (tertiary alicyclic amines) is 1. The minimum absolute atomic E-state index is 0.0996. The number of hydrogen-bond donors (Lipinski definition) is 2. The second kappa shape index (κ2) is 7.99. The quantitative estimate of drug-likeness (QED) is 0.732. The fourth-order valence-corrected chi connectivity index (χ4v) is 3.30. The predicted octanol–water partition coefficient (Wildman–Crippen LogP) is 2.62. The molecule has 0 bridgehead atoms. The molecular formula is C19H25N3O2. The van der Waals surface area contributed by atoms with Gasteiger partial charge >= 0.3 is 0 Å². The molecule has 5 heteroatoms. The second-order valence-electron chi connectivity index (χ2n) is 6.40. The van der Waals surface area contributed by atoms with E-state index in [1.807, 2.05) is 23.2 Å². The SMILES string of the molecule is O=C(CCCc1c[nH]c2ccccc12)NCCCN1CCCC1=O. The second-order valence-corrected chi connectivity index (χ2v) is 6.40. The number of carbonyl (C=O) groups excluding carboxylic acids is 2. The molecule has 0 spiro atoms. The van der Waals surface area contributed by atoms with E-state index >= 15 is 0 Å². The van der Waals surface area contributed by atoms with Crippen LogP contribution < -0.4 is 5.32 Å². The zero-order valence-electron chi connectivity index (χ0n) is 14.0. The number of H-pyrrole nitrogens is 1. The number of rotatable bonds is 8. The number of para-hydroxylation sites is 1. The molecule has 1 aromatic carbocycles. The molecule has 2 heterocycles. The number of aryl methyl sites for hydroxylation is 1. The van der Waals surface area contributed by atoms with Gasteiger partial charge in [0.2, 0.25) is 11.8 Å². The lowest BCUT2D eigenvalue weighted by molar-refractivity contribution is -0.127. The Morgan fingerprint density at radius 2 is 2.12 bits per heavy atom. The van der Waals surface area contributed by atoms with E-state index < -0.39 is 0 Å². The van der Waals surface area contributed by atoms with E-state index in [2.05, 4.69) is 22.4 Å². The summed E-state index contributed by atoms with van der Waals surface area (Å²) in [5.74, 6) is 0.350. The van der Waals surface area contributed by atoms with Gasteiger partial charge in [-0.3, -0.25) is 9.59 Å². The summed E-state index contributed by atoms with van der Waals surface area (Å²) < 4.78 is 0. The molecular weight excluding hydrogens is 302 g/mol. The third-order valence-electron chi connectivity index (χ3n) is 4.62. The van der Waals surface area contributed by atoms with E-state index in [4.69, 9.17) is 0 Å². The van der Waals surface area contributed by atoms with Gasteiger partial charge < -0.3 is 15.2 Å². The van der Waals surface area contributed by atoms with Crippen molar-refractivity contribution in [1.82, 2.24) is 15.2 Å². The number of aromatic nitrogens is 1. The first-order chi connectivity index (χ1) is 11.7. The van der Waals surface area contributed by atoms with Gasteiger partial charge in [0.05, 0.1) is 0 Å². The number of hydrogen-bond acceptors (Lipinski definition) is 2. The van der Waals surface area contributed by atoms with E-state index in [0.717, 1.165) is 44.3 Å². The van der Waals surface area contributed by atoms with Crippen LogP contribution in [0.5, 0.6) is 0 Å². The lowest BCUT2D eigenvalue weighted by atomic mass is 10.1. The van der Waals surface area contributed by atoms with E-state index in [0.29, 0.717) is 19.4 Å². The van der Waals surface area contributed by atoms with Crippen molar-refractivity contribution in [3.05, 3.63) is 36.0 Å². The predicted molar refractivity (Wildman–Crippen MR) is 94.7 cm³/mol. The van der Waals surface area contributed by atoms with Crippen molar-refractivity contribution in [2.75, 3.05) is 19.6 Å². The van der Waals surface area contributed by atoms with E-state index in [-0.39, 0.29) is 11.8 Å². The molecule has 3 rings (SSSR count). The number of nitrogens with one attached hydrogen (secondary N) is 2. The van der Waals surface area contributed by atoms with Gasteiger partial charge in [-0.2, -0.15) is 0 Å². The van der Waals surface area contributed by atoms with Crippen molar-refractivity contribution in [3.8, 4) is 0 Å². The van der Waals surface area contributed by atoms with Gasteiger partial charge in [0.15, 0.2) is 0 Å². The zero-order valence-corrected chi connectivity index (χ0v) is 14.0. The van der Waals surface area contributed by atoms with Crippen molar-refractivity contribution in [2.24, 2.45) is 0 Å². The molecule has 2 amide bonds. The highest BCUT2D eigenvalue weighted by Gasteiger charge is 2.18. The van der Waals surface area contributed by atoms with Crippen LogP contribution in [0.4, 0.5) is 0 Å². The van der Waals surface area contributed by atoms with Crippen LogP contribution in [-0.4, -0.2) is 41.3 Å². The van der Waals surface area contributed by atoms with Crippen molar-refractivity contribution in [1.29, 1.82) is 0 Å². The summed E-state index contributed by atoms with van der Waals surface area (Å²) >= 11 is 0. The normalized spacial score (nSPS) is 14.5. The van der Waals surface area contributed by atoms with Crippen LogP contribution >= 0.6 is 0 Å². The van der Waals surface area contributed by atoms with Gasteiger partial charge in [-0.1, -0.05) is 18.2 Å². The molecule has 24 heavy (non-hydrogen) atoms. The Morgan fingerprint density at radius 1 is 1.25 bits per heavy atom. The summed E-state index contributed by atoms with van der Waals surface area (Å²) in [6.45, 7) is 2.28. The fraction of sp³-hybridized carbons (Fsp3) is 0.474. The Kier molecular flexibility index (Phi) is 5.51. The Bertz CT molecular complexity index is 707. The van der Waals surface area contributed by atoms with Gasteiger partial charge in [-0.05, 0) is 37.3 Å². The molecule has 1 fully saturated rings. The topological polar surface area (TPSA) is 65.2 Å². The van der Waals surface area contributed by atoms with Gasteiger partial charge in [-0.25, -0.2) is 0 Å². The maximum Gasteiger partial charge on any atom is 0.222 e. The van der Waals surface area contributed by atoms with Crippen LogP contribution in [0, 0.1) is 0 Å². The number of nitrogens with zero attached hydrogens (tertiary/aromatic N) is 1.